The minimum absolute atomic E-state index is 0.0617. The minimum atomic E-state index is -0.468. The summed E-state index contributed by atoms with van der Waals surface area (Å²) < 4.78 is 13.2. The van der Waals surface area contributed by atoms with Crippen LogP contribution in [-0.4, -0.2) is 34.7 Å². The van der Waals surface area contributed by atoms with E-state index in [0.29, 0.717) is 18.8 Å². The van der Waals surface area contributed by atoms with E-state index in [1.54, 1.807) is 4.90 Å². The summed E-state index contributed by atoms with van der Waals surface area (Å²) in [5.41, 5.74) is 3.75. The highest BCUT2D eigenvalue weighted by Gasteiger charge is 2.44. The van der Waals surface area contributed by atoms with Crippen LogP contribution < -0.4 is 5.32 Å². The van der Waals surface area contributed by atoms with Crippen LogP contribution in [0.15, 0.2) is 47.7 Å². The molecule has 1 aromatic carbocycles. The van der Waals surface area contributed by atoms with Gasteiger partial charge in [-0.2, -0.15) is 0 Å². The average Bonchev–Trinajstić information content (AvgIpc) is 2.88. The number of benzene rings is 1. The van der Waals surface area contributed by atoms with Crippen molar-refractivity contribution in [1.82, 2.24) is 9.88 Å². The van der Waals surface area contributed by atoms with Gasteiger partial charge < -0.3 is 10.2 Å². The van der Waals surface area contributed by atoms with Crippen molar-refractivity contribution in [2.45, 2.75) is 25.2 Å². The maximum Gasteiger partial charge on any atom is 0.321 e. The van der Waals surface area contributed by atoms with Crippen molar-refractivity contribution in [2.75, 3.05) is 18.4 Å². The van der Waals surface area contributed by atoms with Crippen molar-refractivity contribution in [3.05, 3.63) is 54.1 Å². The number of carbonyl (C=O) groups is 1. The predicted octanol–water partition coefficient (Wildman–Crippen LogP) is 3.89. The number of nitrogens with zero attached hydrogens (tertiary/aromatic N) is 3. The number of aromatic nitrogens is 1. The van der Waals surface area contributed by atoms with Crippen LogP contribution in [0.4, 0.5) is 20.6 Å². The number of nitrogens with one attached hydrogen (secondary N) is 1. The third-order valence-electron chi connectivity index (χ3n) is 5.26. The van der Waals surface area contributed by atoms with Crippen molar-refractivity contribution >= 4 is 23.1 Å². The van der Waals surface area contributed by atoms with Crippen LogP contribution in [0.2, 0.25) is 0 Å². The largest absolute Gasteiger partial charge is 0.324 e. The van der Waals surface area contributed by atoms with Crippen LogP contribution in [0.25, 0.3) is 0 Å². The summed E-state index contributed by atoms with van der Waals surface area (Å²) in [6, 6.07) is 9.28. The lowest BCUT2D eigenvalue weighted by molar-refractivity contribution is 0.186. The van der Waals surface area contributed by atoms with E-state index in [0.717, 1.165) is 30.4 Å². The van der Waals surface area contributed by atoms with Gasteiger partial charge in [-0.25, -0.2) is 9.18 Å². The van der Waals surface area contributed by atoms with Gasteiger partial charge in [-0.15, -0.1) is 0 Å². The zero-order valence-corrected chi connectivity index (χ0v) is 14.0. The summed E-state index contributed by atoms with van der Waals surface area (Å²) in [5.74, 6) is -0.468. The number of carbonyl (C=O) groups excluding carboxylic acids is 1. The van der Waals surface area contributed by atoms with E-state index in [9.17, 15) is 9.18 Å². The zero-order valence-electron chi connectivity index (χ0n) is 14.0. The molecule has 1 spiro atoms. The number of fused-ring (bicyclic) bond motifs is 2. The summed E-state index contributed by atoms with van der Waals surface area (Å²) in [5, 5.41) is 2.72. The number of anilines is 1. The molecule has 2 aromatic rings. The van der Waals surface area contributed by atoms with E-state index >= 15 is 0 Å². The van der Waals surface area contributed by atoms with E-state index < -0.39 is 5.82 Å². The number of urea groups is 1. The van der Waals surface area contributed by atoms with Gasteiger partial charge in [0, 0.05) is 30.3 Å². The second-order valence-electron chi connectivity index (χ2n) is 6.61. The Labute approximate surface area is 145 Å². The van der Waals surface area contributed by atoms with Crippen LogP contribution in [0.5, 0.6) is 0 Å². The molecule has 0 saturated carbocycles. The molecule has 1 aromatic heterocycles. The molecule has 0 aliphatic carbocycles. The molecular weight excluding hydrogens is 319 g/mol. The highest BCUT2D eigenvalue weighted by molar-refractivity contribution is 6.00. The fourth-order valence-electron chi connectivity index (χ4n) is 3.86. The molecule has 1 N–H and O–H groups in total. The maximum absolute atomic E-state index is 13.2. The third kappa shape index (κ3) is 2.67. The first-order valence-corrected chi connectivity index (χ1v) is 8.40. The average molecular weight is 338 g/mol. The number of hydrogen-bond donors (Lipinski definition) is 1. The fourth-order valence-corrected chi connectivity index (χ4v) is 3.86. The number of halogens is 1. The fraction of sp³-hybridized carbons (Fsp3) is 0.316. The van der Waals surface area contributed by atoms with E-state index in [4.69, 9.17) is 4.99 Å². The number of para-hydroxylation sites is 1. The van der Waals surface area contributed by atoms with Gasteiger partial charge in [-0.05, 0) is 31.4 Å². The minimum Gasteiger partial charge on any atom is -0.324 e. The lowest BCUT2D eigenvalue weighted by Crippen LogP contribution is -2.48. The first kappa shape index (κ1) is 15.7. The normalized spacial score (nSPS) is 18.0. The van der Waals surface area contributed by atoms with Crippen molar-refractivity contribution in [3.8, 4) is 0 Å². The molecule has 0 bridgehead atoms. The van der Waals surface area contributed by atoms with Crippen molar-refractivity contribution in [3.63, 3.8) is 0 Å². The van der Waals surface area contributed by atoms with E-state index in [1.165, 1.54) is 17.8 Å². The molecule has 2 aliphatic heterocycles. The number of likely N-dealkylation sites (tertiary alicyclic amines) is 1. The molecule has 1 saturated heterocycles. The van der Waals surface area contributed by atoms with Crippen molar-refractivity contribution < 1.29 is 9.18 Å². The molecule has 6 heteroatoms. The van der Waals surface area contributed by atoms with Gasteiger partial charge >= 0.3 is 6.03 Å². The lowest BCUT2D eigenvalue weighted by atomic mass is 9.71. The number of hydrogen-bond acceptors (Lipinski definition) is 3. The summed E-state index contributed by atoms with van der Waals surface area (Å²) in [4.78, 5) is 22.7. The number of rotatable bonds is 1. The molecule has 128 valence electrons. The lowest BCUT2D eigenvalue weighted by Gasteiger charge is -2.40. The molecule has 0 atom stereocenters. The van der Waals surface area contributed by atoms with Crippen LogP contribution in [0.3, 0.4) is 0 Å². The second-order valence-corrected chi connectivity index (χ2v) is 6.61. The van der Waals surface area contributed by atoms with Gasteiger partial charge in [-0.3, -0.25) is 9.98 Å². The SMILES string of the molecule is CC1=Nc2ccccc2C12CCN(C(=O)Nc1cncc(F)c1)CC2. The van der Waals surface area contributed by atoms with E-state index in [1.807, 2.05) is 18.2 Å². The number of aliphatic imine (C=N–C) groups is 1. The summed E-state index contributed by atoms with van der Waals surface area (Å²) in [6.07, 6.45) is 4.23. The van der Waals surface area contributed by atoms with Crippen molar-refractivity contribution in [1.29, 1.82) is 0 Å². The second kappa shape index (κ2) is 5.95. The Hall–Kier alpha value is -2.76. The number of piperidine rings is 1. The van der Waals surface area contributed by atoms with Gasteiger partial charge in [0.1, 0.15) is 5.82 Å². The quantitative estimate of drug-likeness (QED) is 0.857. The Morgan fingerprint density at radius 1 is 1.24 bits per heavy atom. The first-order chi connectivity index (χ1) is 12.1. The molecule has 4 rings (SSSR count). The molecule has 2 aliphatic rings. The Bertz CT molecular complexity index is 856. The molecule has 0 unspecified atom stereocenters. The van der Waals surface area contributed by atoms with Crippen LogP contribution in [-0.2, 0) is 5.41 Å². The summed E-state index contributed by atoms with van der Waals surface area (Å²) in [7, 11) is 0. The van der Waals surface area contributed by atoms with Crippen LogP contribution in [0.1, 0.15) is 25.3 Å². The molecule has 2 amide bonds. The van der Waals surface area contributed by atoms with E-state index in [2.05, 4.69) is 23.3 Å². The molecule has 1 fully saturated rings. The van der Waals surface area contributed by atoms with Crippen LogP contribution >= 0.6 is 0 Å². The Kier molecular flexibility index (Phi) is 3.75. The van der Waals surface area contributed by atoms with Gasteiger partial charge in [0.15, 0.2) is 0 Å². The molecule has 3 heterocycles. The van der Waals surface area contributed by atoms with Crippen LogP contribution in [0, 0.1) is 5.82 Å². The predicted molar refractivity (Wildman–Crippen MR) is 94.9 cm³/mol. The summed E-state index contributed by atoms with van der Waals surface area (Å²) >= 11 is 0. The third-order valence-corrected chi connectivity index (χ3v) is 5.26. The monoisotopic (exact) mass is 338 g/mol. The first-order valence-electron chi connectivity index (χ1n) is 8.40. The molecule has 25 heavy (non-hydrogen) atoms. The molecular formula is C19H19FN4O. The maximum atomic E-state index is 13.2. The number of amides is 2. The smallest absolute Gasteiger partial charge is 0.321 e. The molecule has 0 radical (unpaired) electrons. The Balaban J connectivity index is 1.47. The van der Waals surface area contributed by atoms with E-state index in [-0.39, 0.29) is 11.4 Å². The van der Waals surface area contributed by atoms with Gasteiger partial charge in [0.25, 0.3) is 0 Å². The van der Waals surface area contributed by atoms with Gasteiger partial charge in [0.2, 0.25) is 0 Å². The van der Waals surface area contributed by atoms with Gasteiger partial charge in [0.05, 0.1) is 23.8 Å². The Morgan fingerprint density at radius 3 is 2.76 bits per heavy atom. The standard InChI is InChI=1S/C19H19FN4O/c1-13-19(16-4-2-3-5-17(16)22-13)6-8-24(9-7-19)18(25)23-15-10-14(20)11-21-12-15/h2-5,10-12H,6-9H2,1H3,(H,23,25). The summed E-state index contributed by atoms with van der Waals surface area (Å²) in [6.45, 7) is 3.35. The highest BCUT2D eigenvalue weighted by atomic mass is 19.1. The molecule has 5 nitrogen and oxygen atoms in total. The zero-order chi connectivity index (χ0) is 17.4. The Morgan fingerprint density at radius 2 is 2.00 bits per heavy atom. The topological polar surface area (TPSA) is 57.6 Å². The van der Waals surface area contributed by atoms with Gasteiger partial charge in [-0.1, -0.05) is 18.2 Å². The highest BCUT2D eigenvalue weighted by Crippen LogP contribution is 2.46. The van der Waals surface area contributed by atoms with Crippen molar-refractivity contribution in [2.24, 2.45) is 4.99 Å². The number of pyridine rings is 1.